The minimum absolute atomic E-state index is 0.543. The number of aliphatic imine (C=N–C) groups is 1. The predicted molar refractivity (Wildman–Crippen MR) is 50.6 cm³/mol. The van der Waals surface area contributed by atoms with Gasteiger partial charge in [-0.3, -0.25) is 4.99 Å². The van der Waals surface area contributed by atoms with Gasteiger partial charge in [-0.2, -0.15) is 0 Å². The molecule has 0 aromatic rings. The lowest BCUT2D eigenvalue weighted by molar-refractivity contribution is 0.821. The van der Waals surface area contributed by atoms with E-state index in [0.717, 1.165) is 5.04 Å². The highest BCUT2D eigenvalue weighted by Gasteiger charge is 2.01. The predicted octanol–water partition coefficient (Wildman–Crippen LogP) is 2.94. The number of allylic oxidation sites excluding steroid dienone is 1. The Morgan fingerprint density at radius 3 is 2.30 bits per heavy atom. The third-order valence-corrected chi connectivity index (χ3v) is 2.45. The van der Waals surface area contributed by atoms with E-state index in [1.54, 1.807) is 18.8 Å². The highest BCUT2D eigenvalue weighted by Crippen LogP contribution is 2.22. The van der Waals surface area contributed by atoms with Crippen molar-refractivity contribution < 1.29 is 0 Å². The normalized spacial score (nSPS) is 12.3. The fraction of sp³-hybridized carbons (Fsp3) is 0.625. The number of rotatable bonds is 2. The molecule has 58 valence electrons. The Hall–Kier alpha value is -0.240. The van der Waals surface area contributed by atoms with Crippen LogP contribution in [-0.2, 0) is 0 Å². The monoisotopic (exact) mass is 157 g/mol. The van der Waals surface area contributed by atoms with Crippen molar-refractivity contribution in [2.24, 2.45) is 10.9 Å². The zero-order valence-electron chi connectivity index (χ0n) is 7.14. The van der Waals surface area contributed by atoms with E-state index in [4.69, 9.17) is 0 Å². The number of hydrogen-bond acceptors (Lipinski definition) is 2. The molecule has 0 atom stereocenters. The van der Waals surface area contributed by atoms with Gasteiger partial charge in [-0.05, 0) is 17.7 Å². The molecule has 0 aromatic heterocycles. The zero-order valence-corrected chi connectivity index (χ0v) is 7.96. The van der Waals surface area contributed by atoms with Gasteiger partial charge in [0.25, 0.3) is 0 Å². The molecule has 0 spiro atoms. The first-order chi connectivity index (χ1) is 4.57. The summed E-state index contributed by atoms with van der Waals surface area (Å²) >= 11 is 1.66. The Morgan fingerprint density at radius 2 is 2.00 bits per heavy atom. The lowest BCUT2D eigenvalue weighted by atomic mass is 10.2. The zero-order chi connectivity index (χ0) is 8.15. The summed E-state index contributed by atoms with van der Waals surface area (Å²) in [6.07, 6.45) is 0. The van der Waals surface area contributed by atoms with Gasteiger partial charge in [-0.25, -0.2) is 0 Å². The van der Waals surface area contributed by atoms with Crippen LogP contribution in [0.25, 0.3) is 0 Å². The molecule has 0 saturated heterocycles. The van der Waals surface area contributed by atoms with E-state index in [0.29, 0.717) is 5.92 Å². The highest BCUT2D eigenvalue weighted by molar-refractivity contribution is 8.17. The van der Waals surface area contributed by atoms with Crippen molar-refractivity contribution in [1.29, 1.82) is 0 Å². The molecule has 10 heavy (non-hydrogen) atoms. The van der Waals surface area contributed by atoms with Crippen LogP contribution >= 0.6 is 11.8 Å². The van der Waals surface area contributed by atoms with Crippen LogP contribution < -0.4 is 0 Å². The van der Waals surface area contributed by atoms with E-state index in [2.05, 4.69) is 25.4 Å². The van der Waals surface area contributed by atoms with Gasteiger partial charge in [0.15, 0.2) is 0 Å². The van der Waals surface area contributed by atoms with Crippen molar-refractivity contribution in [3.63, 3.8) is 0 Å². The summed E-state index contributed by atoms with van der Waals surface area (Å²) in [5.74, 6) is 0.543. The van der Waals surface area contributed by atoms with Gasteiger partial charge in [0.1, 0.15) is 0 Å². The molecule has 0 aliphatic rings. The Morgan fingerprint density at radius 1 is 1.50 bits per heavy atom. The third-order valence-electron chi connectivity index (χ3n) is 1.24. The van der Waals surface area contributed by atoms with E-state index in [1.807, 2.05) is 6.92 Å². The van der Waals surface area contributed by atoms with E-state index in [-0.39, 0.29) is 0 Å². The van der Waals surface area contributed by atoms with Crippen LogP contribution in [-0.4, -0.2) is 12.1 Å². The standard InChI is InChI=1S/C8H15NS/c1-6(2)7(3)10-8(4)9-5/h6H,3H2,1-2,4-5H3. The summed E-state index contributed by atoms with van der Waals surface area (Å²) in [7, 11) is 1.80. The maximum absolute atomic E-state index is 4.03. The maximum atomic E-state index is 4.03. The van der Waals surface area contributed by atoms with Crippen LogP contribution in [0.5, 0.6) is 0 Å². The van der Waals surface area contributed by atoms with Crippen LogP contribution in [0.4, 0.5) is 0 Å². The van der Waals surface area contributed by atoms with Gasteiger partial charge in [-0.1, -0.05) is 32.2 Å². The molecule has 0 saturated carbocycles. The second-order valence-electron chi connectivity index (χ2n) is 2.47. The van der Waals surface area contributed by atoms with Crippen LogP contribution in [0.1, 0.15) is 20.8 Å². The van der Waals surface area contributed by atoms with Crippen LogP contribution in [0.3, 0.4) is 0 Å². The molecule has 0 unspecified atom stereocenters. The van der Waals surface area contributed by atoms with Gasteiger partial charge < -0.3 is 0 Å². The van der Waals surface area contributed by atoms with E-state index in [9.17, 15) is 0 Å². The van der Waals surface area contributed by atoms with E-state index in [1.165, 1.54) is 4.91 Å². The molecule has 1 nitrogen and oxygen atoms in total. The molecule has 0 radical (unpaired) electrons. The van der Waals surface area contributed by atoms with Crippen LogP contribution in [0, 0.1) is 5.92 Å². The average molecular weight is 157 g/mol. The van der Waals surface area contributed by atoms with Crippen LogP contribution in [0.15, 0.2) is 16.5 Å². The van der Waals surface area contributed by atoms with Gasteiger partial charge in [0.05, 0.1) is 5.04 Å². The van der Waals surface area contributed by atoms with Crippen molar-refractivity contribution >= 4 is 16.8 Å². The van der Waals surface area contributed by atoms with Crippen molar-refractivity contribution in [2.75, 3.05) is 7.05 Å². The lowest BCUT2D eigenvalue weighted by Crippen LogP contribution is -1.91. The molecule has 0 aliphatic heterocycles. The molecule has 0 aliphatic carbocycles. The van der Waals surface area contributed by atoms with Crippen molar-refractivity contribution in [2.45, 2.75) is 20.8 Å². The van der Waals surface area contributed by atoms with Crippen molar-refractivity contribution in [3.8, 4) is 0 Å². The minimum atomic E-state index is 0.543. The first kappa shape index (κ1) is 9.76. The summed E-state index contributed by atoms with van der Waals surface area (Å²) in [6, 6.07) is 0. The molecule has 0 aromatic carbocycles. The summed E-state index contributed by atoms with van der Waals surface area (Å²) in [5.41, 5.74) is 0. The summed E-state index contributed by atoms with van der Waals surface area (Å²) in [4.78, 5) is 5.21. The van der Waals surface area contributed by atoms with Gasteiger partial charge in [0.2, 0.25) is 0 Å². The van der Waals surface area contributed by atoms with Crippen molar-refractivity contribution in [3.05, 3.63) is 11.5 Å². The van der Waals surface area contributed by atoms with Crippen LogP contribution in [0.2, 0.25) is 0 Å². The first-order valence-corrected chi connectivity index (χ1v) is 4.19. The summed E-state index contributed by atoms with van der Waals surface area (Å²) in [6.45, 7) is 10.2. The molecular formula is C8H15NS. The Bertz CT molecular complexity index is 147. The molecule has 2 heteroatoms. The fourth-order valence-electron chi connectivity index (χ4n) is 0.353. The molecule has 0 rings (SSSR count). The van der Waals surface area contributed by atoms with Gasteiger partial charge in [-0.15, -0.1) is 0 Å². The molecule has 0 amide bonds. The largest absolute Gasteiger partial charge is 0.286 e. The number of thioether (sulfide) groups is 1. The van der Waals surface area contributed by atoms with Gasteiger partial charge in [0, 0.05) is 7.05 Å². The van der Waals surface area contributed by atoms with E-state index >= 15 is 0 Å². The molecular weight excluding hydrogens is 142 g/mol. The SMILES string of the molecule is C=C(SC(C)=NC)C(C)C. The maximum Gasteiger partial charge on any atom is 0.0685 e. The number of hydrogen-bond donors (Lipinski definition) is 0. The Kier molecular flexibility index (Phi) is 4.45. The quantitative estimate of drug-likeness (QED) is 0.443. The third kappa shape index (κ3) is 3.72. The van der Waals surface area contributed by atoms with Crippen molar-refractivity contribution in [1.82, 2.24) is 0 Å². The lowest BCUT2D eigenvalue weighted by Gasteiger charge is -2.06. The Labute approximate surface area is 67.6 Å². The first-order valence-electron chi connectivity index (χ1n) is 3.38. The second kappa shape index (κ2) is 4.56. The highest BCUT2D eigenvalue weighted by atomic mass is 32.2. The molecule has 0 N–H and O–H groups in total. The Balaban J connectivity index is 3.81. The smallest absolute Gasteiger partial charge is 0.0685 e. The molecule has 0 heterocycles. The summed E-state index contributed by atoms with van der Waals surface area (Å²) < 4.78 is 0. The minimum Gasteiger partial charge on any atom is -0.286 e. The average Bonchev–Trinajstić information content (AvgIpc) is 1.87. The van der Waals surface area contributed by atoms with Gasteiger partial charge >= 0.3 is 0 Å². The van der Waals surface area contributed by atoms with E-state index < -0.39 is 0 Å². The second-order valence-corrected chi connectivity index (χ2v) is 3.79. The number of nitrogens with zero attached hydrogens (tertiary/aromatic N) is 1. The fourth-order valence-corrected chi connectivity index (χ4v) is 1.06. The molecule has 0 fully saturated rings. The summed E-state index contributed by atoms with van der Waals surface area (Å²) in [5, 5.41) is 1.08. The molecule has 0 bridgehead atoms. The topological polar surface area (TPSA) is 12.4 Å².